The van der Waals surface area contributed by atoms with Crippen molar-refractivity contribution in [1.29, 1.82) is 0 Å². The predicted molar refractivity (Wildman–Crippen MR) is 111 cm³/mol. The van der Waals surface area contributed by atoms with Crippen molar-refractivity contribution in [2.75, 3.05) is 23.4 Å². The average Bonchev–Trinajstić information content (AvgIpc) is 3.31. The monoisotopic (exact) mass is 433 g/mol. The summed E-state index contributed by atoms with van der Waals surface area (Å²) in [7, 11) is 0. The molecule has 1 aromatic heterocycles. The quantitative estimate of drug-likeness (QED) is 0.603. The van der Waals surface area contributed by atoms with Crippen LogP contribution in [0, 0.1) is 0 Å². The Bertz CT molecular complexity index is 1070. The van der Waals surface area contributed by atoms with Gasteiger partial charge in [-0.05, 0) is 36.4 Å². The molecular weight excluding hydrogens is 421 g/mol. The summed E-state index contributed by atoms with van der Waals surface area (Å²) in [6.45, 7) is 0.798. The van der Waals surface area contributed by atoms with E-state index >= 15 is 0 Å². The predicted octanol–water partition coefficient (Wildman–Crippen LogP) is 5.33. The molecule has 1 fully saturated rings. The number of cyclic esters (lactones) is 1. The molecule has 0 spiro atoms. The highest BCUT2D eigenvalue weighted by atomic mass is 35.5. The van der Waals surface area contributed by atoms with E-state index < -0.39 is 6.09 Å². The van der Waals surface area contributed by atoms with Gasteiger partial charge >= 0.3 is 6.09 Å². The molecule has 142 valence electrons. The van der Waals surface area contributed by atoms with Crippen LogP contribution in [-0.4, -0.2) is 30.1 Å². The van der Waals surface area contributed by atoms with Gasteiger partial charge in [0.05, 0.1) is 17.3 Å². The summed E-state index contributed by atoms with van der Waals surface area (Å²) in [5.74, 6) is -0.322. The number of aromatic nitrogens is 1. The number of nitrogens with zero attached hydrogens (tertiary/aromatic N) is 2. The molecule has 1 aliphatic rings. The number of rotatable bonds is 4. The van der Waals surface area contributed by atoms with Crippen LogP contribution in [0.2, 0.25) is 10.0 Å². The third-order valence-electron chi connectivity index (χ3n) is 4.11. The minimum atomic E-state index is -0.415. The Labute approximate surface area is 174 Å². The smallest absolute Gasteiger partial charge is 0.414 e. The number of carbonyl (C=O) groups excluding carboxylic acids is 2. The normalized spacial score (nSPS) is 13.5. The second-order valence-corrected chi connectivity index (χ2v) is 7.63. The summed E-state index contributed by atoms with van der Waals surface area (Å²) in [6, 6.07) is 11.9. The van der Waals surface area contributed by atoms with Crippen molar-refractivity contribution in [3.63, 3.8) is 0 Å². The first kappa shape index (κ1) is 18.7. The Balaban J connectivity index is 1.51. The molecular formula is C19H13Cl2N3O3S. The van der Waals surface area contributed by atoms with Gasteiger partial charge < -0.3 is 4.74 Å². The van der Waals surface area contributed by atoms with Gasteiger partial charge in [-0.3, -0.25) is 15.0 Å². The maximum atomic E-state index is 12.6. The molecule has 4 rings (SSSR count). The maximum absolute atomic E-state index is 12.6. The lowest BCUT2D eigenvalue weighted by molar-refractivity contribution is 0.102. The fourth-order valence-corrected chi connectivity index (χ4v) is 3.98. The summed E-state index contributed by atoms with van der Waals surface area (Å²) in [4.78, 5) is 30.2. The summed E-state index contributed by atoms with van der Waals surface area (Å²) < 4.78 is 4.94. The number of thiazole rings is 1. The van der Waals surface area contributed by atoms with Crippen LogP contribution in [0.3, 0.4) is 0 Å². The molecule has 0 bridgehead atoms. The highest BCUT2D eigenvalue weighted by molar-refractivity contribution is 7.14. The molecule has 28 heavy (non-hydrogen) atoms. The summed E-state index contributed by atoms with van der Waals surface area (Å²) in [5, 5.41) is 6.05. The van der Waals surface area contributed by atoms with E-state index in [1.165, 1.54) is 16.2 Å². The standard InChI is InChI=1S/C19H13Cl2N3O3S/c20-12-4-5-14(15(21)9-12)16-10-28-18(22-16)23-17(25)11-2-1-3-13(8-11)24-6-7-27-19(24)26/h1-5,8-10H,6-7H2,(H,22,23,25). The molecule has 0 aliphatic carbocycles. The zero-order valence-corrected chi connectivity index (χ0v) is 16.6. The van der Waals surface area contributed by atoms with Crippen molar-refractivity contribution in [1.82, 2.24) is 4.98 Å². The summed E-state index contributed by atoms with van der Waals surface area (Å²) >= 11 is 13.4. The lowest BCUT2D eigenvalue weighted by atomic mass is 10.2. The highest BCUT2D eigenvalue weighted by Gasteiger charge is 2.24. The van der Waals surface area contributed by atoms with E-state index in [-0.39, 0.29) is 5.91 Å². The first-order chi connectivity index (χ1) is 13.5. The SMILES string of the molecule is O=C(Nc1nc(-c2ccc(Cl)cc2Cl)cs1)c1cccc(N2CCOC2=O)c1. The van der Waals surface area contributed by atoms with Crippen LogP contribution in [-0.2, 0) is 4.74 Å². The first-order valence-corrected chi connectivity index (χ1v) is 9.91. The largest absolute Gasteiger partial charge is 0.447 e. The topological polar surface area (TPSA) is 71.5 Å². The van der Waals surface area contributed by atoms with E-state index in [1.807, 2.05) is 0 Å². The number of nitrogens with one attached hydrogen (secondary N) is 1. The lowest BCUT2D eigenvalue weighted by Crippen LogP contribution is -2.23. The number of hydrogen-bond donors (Lipinski definition) is 1. The third-order valence-corrected chi connectivity index (χ3v) is 5.42. The molecule has 3 aromatic rings. The van der Waals surface area contributed by atoms with Crippen LogP contribution in [0.25, 0.3) is 11.3 Å². The zero-order chi connectivity index (χ0) is 19.7. The third kappa shape index (κ3) is 3.82. The summed E-state index contributed by atoms with van der Waals surface area (Å²) in [6.07, 6.45) is -0.415. The van der Waals surface area contributed by atoms with E-state index in [0.29, 0.717) is 45.3 Å². The van der Waals surface area contributed by atoms with Crippen molar-refractivity contribution in [3.05, 3.63) is 63.5 Å². The Morgan fingerprint density at radius 2 is 2.07 bits per heavy atom. The molecule has 2 heterocycles. The fourth-order valence-electron chi connectivity index (χ4n) is 2.76. The van der Waals surface area contributed by atoms with Crippen molar-refractivity contribution in [2.45, 2.75) is 0 Å². The van der Waals surface area contributed by atoms with E-state index in [4.69, 9.17) is 27.9 Å². The van der Waals surface area contributed by atoms with Crippen LogP contribution in [0.4, 0.5) is 15.6 Å². The molecule has 2 aromatic carbocycles. The Morgan fingerprint density at radius 1 is 1.21 bits per heavy atom. The number of benzene rings is 2. The van der Waals surface area contributed by atoms with Gasteiger partial charge in [0.2, 0.25) is 0 Å². The zero-order valence-electron chi connectivity index (χ0n) is 14.3. The number of hydrogen-bond acceptors (Lipinski definition) is 5. The number of amides is 2. The minimum absolute atomic E-state index is 0.322. The Kier molecular flexibility index (Phi) is 5.21. The van der Waals surface area contributed by atoms with Gasteiger partial charge in [-0.2, -0.15) is 0 Å². The van der Waals surface area contributed by atoms with Crippen LogP contribution in [0.5, 0.6) is 0 Å². The molecule has 1 saturated heterocycles. The number of halogens is 2. The molecule has 1 aliphatic heterocycles. The molecule has 0 saturated carbocycles. The molecule has 0 unspecified atom stereocenters. The number of carbonyl (C=O) groups is 2. The van der Waals surface area contributed by atoms with Gasteiger partial charge in [0, 0.05) is 27.2 Å². The van der Waals surface area contributed by atoms with E-state index in [1.54, 1.807) is 47.8 Å². The van der Waals surface area contributed by atoms with Crippen LogP contribution in [0.1, 0.15) is 10.4 Å². The minimum Gasteiger partial charge on any atom is -0.447 e. The molecule has 0 atom stereocenters. The first-order valence-electron chi connectivity index (χ1n) is 8.28. The molecule has 0 radical (unpaired) electrons. The van der Waals surface area contributed by atoms with Crippen molar-refractivity contribution < 1.29 is 14.3 Å². The van der Waals surface area contributed by atoms with Crippen molar-refractivity contribution in [3.8, 4) is 11.3 Å². The Hall–Kier alpha value is -2.61. The van der Waals surface area contributed by atoms with Gasteiger partial charge in [-0.1, -0.05) is 29.3 Å². The second kappa shape index (κ2) is 7.79. The van der Waals surface area contributed by atoms with Crippen LogP contribution in [0.15, 0.2) is 47.8 Å². The van der Waals surface area contributed by atoms with Crippen molar-refractivity contribution >= 4 is 57.4 Å². The number of anilines is 2. The van der Waals surface area contributed by atoms with Gasteiger partial charge in [0.15, 0.2) is 5.13 Å². The van der Waals surface area contributed by atoms with Gasteiger partial charge in [0.1, 0.15) is 6.61 Å². The second-order valence-electron chi connectivity index (χ2n) is 5.93. The van der Waals surface area contributed by atoms with Crippen LogP contribution < -0.4 is 10.2 Å². The van der Waals surface area contributed by atoms with E-state index in [9.17, 15) is 9.59 Å². The lowest BCUT2D eigenvalue weighted by Gasteiger charge is -2.13. The fraction of sp³-hybridized carbons (Fsp3) is 0.105. The van der Waals surface area contributed by atoms with E-state index in [2.05, 4.69) is 10.3 Å². The molecule has 9 heteroatoms. The maximum Gasteiger partial charge on any atom is 0.414 e. The Morgan fingerprint density at radius 3 is 2.82 bits per heavy atom. The average molecular weight is 434 g/mol. The summed E-state index contributed by atoms with van der Waals surface area (Å²) in [5.41, 5.74) is 2.41. The molecule has 2 amide bonds. The van der Waals surface area contributed by atoms with Gasteiger partial charge in [0.25, 0.3) is 5.91 Å². The van der Waals surface area contributed by atoms with Crippen LogP contribution >= 0.6 is 34.5 Å². The van der Waals surface area contributed by atoms with Gasteiger partial charge in [-0.25, -0.2) is 9.78 Å². The molecule has 6 nitrogen and oxygen atoms in total. The van der Waals surface area contributed by atoms with Crippen molar-refractivity contribution in [2.24, 2.45) is 0 Å². The van der Waals surface area contributed by atoms with E-state index in [0.717, 1.165) is 5.56 Å². The number of ether oxygens (including phenoxy) is 1. The highest BCUT2D eigenvalue weighted by Crippen LogP contribution is 2.32. The van der Waals surface area contributed by atoms with Gasteiger partial charge in [-0.15, -0.1) is 11.3 Å². The molecule has 1 N–H and O–H groups in total.